The number of nitrogens with zero attached hydrogens (tertiary/aromatic N) is 1. The maximum absolute atomic E-state index is 13.2. The van der Waals surface area contributed by atoms with E-state index in [0.29, 0.717) is 12.5 Å². The topological polar surface area (TPSA) is 55.8 Å². The molecule has 0 aromatic carbocycles. The van der Waals surface area contributed by atoms with E-state index >= 15 is 0 Å². The van der Waals surface area contributed by atoms with E-state index in [1.54, 1.807) is 0 Å². The van der Waals surface area contributed by atoms with Crippen LogP contribution in [0.25, 0.3) is 0 Å². The number of carbonyl (C=O) groups excluding carboxylic acids is 2. The number of carbonyl (C=O) groups is 2. The molecule has 2 amide bonds. The molecular formula is C21H35NO4Si. The van der Waals surface area contributed by atoms with Gasteiger partial charge in [0.1, 0.15) is 5.60 Å². The van der Waals surface area contributed by atoms with Crippen molar-refractivity contribution in [2.45, 2.75) is 77.7 Å². The third kappa shape index (κ3) is 3.62. The molecule has 5 atom stereocenters. The zero-order valence-electron chi connectivity index (χ0n) is 18.0. The minimum Gasteiger partial charge on any atom is -0.443 e. The zero-order chi connectivity index (χ0) is 20.4. The van der Waals surface area contributed by atoms with E-state index in [2.05, 4.69) is 46.0 Å². The van der Waals surface area contributed by atoms with Gasteiger partial charge in [-0.05, 0) is 57.2 Å². The van der Waals surface area contributed by atoms with Crippen molar-refractivity contribution in [2.24, 2.45) is 23.7 Å². The molecule has 0 spiro atoms. The predicted molar refractivity (Wildman–Crippen MR) is 108 cm³/mol. The lowest BCUT2D eigenvalue weighted by atomic mass is 9.82. The molecule has 1 heterocycles. The van der Waals surface area contributed by atoms with Gasteiger partial charge in [-0.1, -0.05) is 32.9 Å². The van der Waals surface area contributed by atoms with Crippen molar-refractivity contribution in [1.82, 2.24) is 4.90 Å². The first-order chi connectivity index (χ1) is 12.2. The molecule has 2 aliphatic carbocycles. The number of hydrogen-bond donors (Lipinski definition) is 0. The van der Waals surface area contributed by atoms with Crippen LogP contribution in [0.4, 0.5) is 4.79 Å². The van der Waals surface area contributed by atoms with Crippen LogP contribution in [-0.2, 0) is 14.0 Å². The average molecular weight is 394 g/mol. The molecule has 6 heteroatoms. The van der Waals surface area contributed by atoms with Crippen LogP contribution in [0.1, 0.15) is 48.0 Å². The summed E-state index contributed by atoms with van der Waals surface area (Å²) in [6.07, 6.45) is 4.90. The van der Waals surface area contributed by atoms with Gasteiger partial charge in [-0.15, -0.1) is 0 Å². The van der Waals surface area contributed by atoms with E-state index in [-0.39, 0.29) is 34.7 Å². The van der Waals surface area contributed by atoms with Gasteiger partial charge in [0, 0.05) is 5.92 Å². The first-order valence-electron chi connectivity index (χ1n) is 10.1. The second-order valence-electron chi connectivity index (χ2n) is 10.9. The van der Waals surface area contributed by atoms with Gasteiger partial charge in [0.15, 0.2) is 8.32 Å². The zero-order valence-corrected chi connectivity index (χ0v) is 19.0. The molecule has 0 aromatic heterocycles. The molecular weight excluding hydrogens is 358 g/mol. The number of ether oxygens (including phenoxy) is 1. The smallest absolute Gasteiger partial charge is 0.417 e. The number of rotatable bonds is 3. The van der Waals surface area contributed by atoms with Crippen molar-refractivity contribution >= 4 is 20.3 Å². The molecule has 0 radical (unpaired) electrons. The van der Waals surface area contributed by atoms with Crippen molar-refractivity contribution in [3.63, 3.8) is 0 Å². The highest BCUT2D eigenvalue weighted by Crippen LogP contribution is 2.55. The number of amides is 2. The highest BCUT2D eigenvalue weighted by molar-refractivity contribution is 6.74. The third-order valence-electron chi connectivity index (χ3n) is 6.83. The van der Waals surface area contributed by atoms with Gasteiger partial charge >= 0.3 is 6.09 Å². The Morgan fingerprint density at radius 3 is 2.30 bits per heavy atom. The summed E-state index contributed by atoms with van der Waals surface area (Å²) >= 11 is 0. The lowest BCUT2D eigenvalue weighted by molar-refractivity contribution is -0.132. The number of fused-ring (bicyclic) bond motifs is 5. The van der Waals surface area contributed by atoms with Crippen molar-refractivity contribution in [3.05, 3.63) is 12.2 Å². The summed E-state index contributed by atoms with van der Waals surface area (Å²) in [5, 5.41) is 0.0837. The highest BCUT2D eigenvalue weighted by atomic mass is 28.4. The van der Waals surface area contributed by atoms with Gasteiger partial charge in [0.05, 0.1) is 18.6 Å². The summed E-state index contributed by atoms with van der Waals surface area (Å²) < 4.78 is 12.0. The SMILES string of the molecule is CC(C)(C)OC(=O)N1C(=O)C2C3C=CC(C3)C2C1CO[Si](C)(C)C(C)(C)C. The van der Waals surface area contributed by atoms with Gasteiger partial charge in [-0.25, -0.2) is 9.69 Å². The molecule has 2 fully saturated rings. The molecule has 0 N–H and O–H groups in total. The van der Waals surface area contributed by atoms with Crippen LogP contribution >= 0.6 is 0 Å². The second kappa shape index (κ2) is 6.44. The summed E-state index contributed by atoms with van der Waals surface area (Å²) in [4.78, 5) is 27.5. The Morgan fingerprint density at radius 2 is 1.74 bits per heavy atom. The quantitative estimate of drug-likeness (QED) is 0.520. The maximum atomic E-state index is 13.2. The fraction of sp³-hybridized carbons (Fsp3) is 0.810. The Balaban J connectivity index is 1.85. The summed E-state index contributed by atoms with van der Waals surface area (Å²) in [5.74, 6) is 0.611. The van der Waals surface area contributed by atoms with Crippen LogP contribution in [0.15, 0.2) is 12.2 Å². The molecule has 1 saturated heterocycles. The summed E-state index contributed by atoms with van der Waals surface area (Å²) in [5.41, 5.74) is -0.628. The molecule has 27 heavy (non-hydrogen) atoms. The standard InChI is InChI=1S/C21H35NO4Si/c1-20(2,3)26-19(24)22-15(12-25-27(7,8)21(4,5)6)16-13-9-10-14(11-13)17(16)18(22)23/h9-10,13-17H,11-12H2,1-8H3. The van der Waals surface area contributed by atoms with Gasteiger partial charge in [-0.2, -0.15) is 0 Å². The Hall–Kier alpha value is -1.14. The first kappa shape index (κ1) is 20.6. The average Bonchev–Trinajstić information content (AvgIpc) is 3.14. The molecule has 1 aliphatic heterocycles. The van der Waals surface area contributed by atoms with Crippen LogP contribution in [0, 0.1) is 23.7 Å². The van der Waals surface area contributed by atoms with Gasteiger partial charge in [0.2, 0.25) is 5.91 Å². The third-order valence-corrected chi connectivity index (χ3v) is 11.3. The van der Waals surface area contributed by atoms with E-state index in [1.165, 1.54) is 4.90 Å². The minimum absolute atomic E-state index is 0.0741. The van der Waals surface area contributed by atoms with E-state index in [4.69, 9.17) is 9.16 Å². The lowest BCUT2D eigenvalue weighted by Crippen LogP contribution is -2.49. The highest BCUT2D eigenvalue weighted by Gasteiger charge is 2.61. The lowest BCUT2D eigenvalue weighted by Gasteiger charge is -2.39. The van der Waals surface area contributed by atoms with Crippen molar-refractivity contribution in [3.8, 4) is 0 Å². The Morgan fingerprint density at radius 1 is 1.15 bits per heavy atom. The van der Waals surface area contributed by atoms with Crippen LogP contribution in [0.2, 0.25) is 18.1 Å². The van der Waals surface area contributed by atoms with Gasteiger partial charge in [0.25, 0.3) is 0 Å². The molecule has 3 aliphatic rings. The second-order valence-corrected chi connectivity index (χ2v) is 15.7. The van der Waals surface area contributed by atoms with Crippen LogP contribution in [0.5, 0.6) is 0 Å². The van der Waals surface area contributed by atoms with Gasteiger partial charge < -0.3 is 9.16 Å². The van der Waals surface area contributed by atoms with E-state index < -0.39 is 20.0 Å². The summed E-state index contributed by atoms with van der Waals surface area (Å²) in [6.45, 7) is 16.9. The number of hydrogen-bond acceptors (Lipinski definition) is 4. The van der Waals surface area contributed by atoms with Crippen LogP contribution in [-0.4, -0.2) is 43.5 Å². The fourth-order valence-electron chi connectivity index (χ4n) is 4.46. The van der Waals surface area contributed by atoms with E-state index in [0.717, 1.165) is 6.42 Å². The van der Waals surface area contributed by atoms with Crippen molar-refractivity contribution in [1.29, 1.82) is 0 Å². The number of imide groups is 1. The number of likely N-dealkylation sites (tertiary alicyclic amines) is 1. The monoisotopic (exact) mass is 393 g/mol. The minimum atomic E-state index is -1.98. The molecule has 152 valence electrons. The van der Waals surface area contributed by atoms with Crippen molar-refractivity contribution < 1.29 is 18.8 Å². The first-order valence-corrected chi connectivity index (χ1v) is 13.0. The largest absolute Gasteiger partial charge is 0.443 e. The number of allylic oxidation sites excluding steroid dienone is 2. The van der Waals surface area contributed by atoms with Crippen LogP contribution < -0.4 is 0 Å². The van der Waals surface area contributed by atoms with Crippen LogP contribution in [0.3, 0.4) is 0 Å². The predicted octanol–water partition coefficient (Wildman–Crippen LogP) is 4.59. The maximum Gasteiger partial charge on any atom is 0.417 e. The molecule has 0 aromatic rings. The molecule has 3 rings (SSSR count). The van der Waals surface area contributed by atoms with Gasteiger partial charge in [-0.3, -0.25) is 4.79 Å². The normalized spacial score (nSPS) is 33.0. The Labute approximate surface area is 164 Å². The van der Waals surface area contributed by atoms with E-state index in [9.17, 15) is 9.59 Å². The Bertz CT molecular complexity index is 658. The molecule has 5 unspecified atom stereocenters. The summed E-state index contributed by atoms with van der Waals surface area (Å²) in [7, 11) is -1.98. The van der Waals surface area contributed by atoms with Crippen molar-refractivity contribution in [2.75, 3.05) is 6.61 Å². The molecule has 1 saturated carbocycles. The molecule has 2 bridgehead atoms. The fourth-order valence-corrected chi connectivity index (χ4v) is 5.48. The summed E-state index contributed by atoms with van der Waals surface area (Å²) in [6, 6.07) is -0.230. The molecule has 5 nitrogen and oxygen atoms in total. The Kier molecular flexibility index (Phi) is 4.91. The van der Waals surface area contributed by atoms with E-state index in [1.807, 2.05) is 20.8 Å².